The van der Waals surface area contributed by atoms with Gasteiger partial charge in [-0.25, -0.2) is 4.79 Å². The second kappa shape index (κ2) is 8.49. The minimum Gasteiger partial charge on any atom is -0.480 e. The molecule has 8 nitrogen and oxygen atoms in total. The first-order valence-electron chi connectivity index (χ1n) is 6.45. The third kappa shape index (κ3) is 5.54. The van der Waals surface area contributed by atoms with Crippen LogP contribution in [-0.2, 0) is 14.4 Å². The molecule has 0 aliphatic rings. The normalized spacial score (nSPS) is 16.6. The van der Waals surface area contributed by atoms with E-state index in [9.17, 15) is 19.5 Å². The van der Waals surface area contributed by atoms with Crippen molar-refractivity contribution in [1.29, 1.82) is 0 Å². The summed E-state index contributed by atoms with van der Waals surface area (Å²) in [5, 5.41) is 23.2. The molecule has 0 saturated heterocycles. The first-order chi connectivity index (χ1) is 9.24. The van der Waals surface area contributed by atoms with Gasteiger partial charge in [-0.05, 0) is 12.8 Å². The minimum atomic E-state index is -1.24. The molecule has 0 saturated carbocycles. The van der Waals surface area contributed by atoms with Gasteiger partial charge in [-0.2, -0.15) is 0 Å². The SMILES string of the molecule is CC[C@H](C)[C@H](NC(=O)[C@@H](NC(=O)CN)[C@@H](C)O)C(=O)O. The zero-order valence-corrected chi connectivity index (χ0v) is 11.9. The van der Waals surface area contributed by atoms with Crippen molar-refractivity contribution in [2.24, 2.45) is 11.7 Å². The van der Waals surface area contributed by atoms with Gasteiger partial charge in [0, 0.05) is 0 Å². The van der Waals surface area contributed by atoms with Crippen molar-refractivity contribution in [3.63, 3.8) is 0 Å². The minimum absolute atomic E-state index is 0.281. The molecule has 0 aliphatic heterocycles. The fraction of sp³-hybridized carbons (Fsp3) is 0.750. The van der Waals surface area contributed by atoms with Crippen molar-refractivity contribution in [2.45, 2.75) is 45.4 Å². The van der Waals surface area contributed by atoms with Crippen molar-refractivity contribution < 1.29 is 24.6 Å². The molecular weight excluding hydrogens is 266 g/mol. The van der Waals surface area contributed by atoms with Crippen LogP contribution in [-0.4, -0.2) is 52.7 Å². The predicted octanol–water partition coefficient (Wildman–Crippen LogP) is -1.57. The van der Waals surface area contributed by atoms with Crippen molar-refractivity contribution in [3.8, 4) is 0 Å². The Morgan fingerprint density at radius 2 is 1.70 bits per heavy atom. The summed E-state index contributed by atoms with van der Waals surface area (Å²) in [6, 6.07) is -2.32. The Balaban J connectivity index is 4.89. The number of nitrogens with two attached hydrogens (primary N) is 1. The van der Waals surface area contributed by atoms with Gasteiger partial charge in [0.15, 0.2) is 0 Å². The van der Waals surface area contributed by atoms with Crippen molar-refractivity contribution in [3.05, 3.63) is 0 Å². The Morgan fingerprint density at radius 3 is 2.05 bits per heavy atom. The average molecular weight is 289 g/mol. The van der Waals surface area contributed by atoms with Crippen molar-refractivity contribution in [1.82, 2.24) is 10.6 Å². The van der Waals surface area contributed by atoms with E-state index in [1.165, 1.54) is 6.92 Å². The summed E-state index contributed by atoms with van der Waals surface area (Å²) in [7, 11) is 0. The molecule has 0 radical (unpaired) electrons. The van der Waals surface area contributed by atoms with Crippen LogP contribution >= 0.6 is 0 Å². The third-order valence-corrected chi connectivity index (χ3v) is 3.04. The summed E-state index contributed by atoms with van der Waals surface area (Å²) in [4.78, 5) is 34.3. The van der Waals surface area contributed by atoms with E-state index >= 15 is 0 Å². The topological polar surface area (TPSA) is 142 Å². The summed E-state index contributed by atoms with van der Waals surface area (Å²) in [6.45, 7) is 4.48. The van der Waals surface area contributed by atoms with E-state index in [4.69, 9.17) is 10.8 Å². The lowest BCUT2D eigenvalue weighted by atomic mass is 9.98. The van der Waals surface area contributed by atoms with E-state index in [1.54, 1.807) is 13.8 Å². The Morgan fingerprint density at radius 1 is 1.15 bits per heavy atom. The third-order valence-electron chi connectivity index (χ3n) is 3.04. The summed E-state index contributed by atoms with van der Waals surface area (Å²) >= 11 is 0. The molecule has 0 aromatic rings. The number of carboxylic acid groups (broad SMARTS) is 1. The van der Waals surface area contributed by atoms with E-state index in [-0.39, 0.29) is 12.5 Å². The van der Waals surface area contributed by atoms with Crippen LogP contribution in [0, 0.1) is 5.92 Å². The fourth-order valence-electron chi connectivity index (χ4n) is 1.56. The van der Waals surface area contributed by atoms with Crippen molar-refractivity contribution in [2.75, 3.05) is 6.54 Å². The number of carboxylic acids is 1. The number of carbonyl (C=O) groups is 3. The molecule has 2 amide bonds. The Kier molecular flexibility index (Phi) is 7.78. The standard InChI is InChI=1S/C12H23N3O5/c1-4-6(2)9(12(19)20)15-11(18)10(7(3)16)14-8(17)5-13/h6-7,9-10,16H,4-5,13H2,1-3H3,(H,14,17)(H,15,18)(H,19,20)/t6-,7+,9-,10-/m0/s1. The molecule has 0 fully saturated rings. The number of aliphatic carboxylic acids is 1. The van der Waals surface area contributed by atoms with Crippen LogP contribution in [0.3, 0.4) is 0 Å². The summed E-state index contributed by atoms with van der Waals surface area (Å²) in [6.07, 6.45) is -0.608. The average Bonchev–Trinajstić information content (AvgIpc) is 2.39. The summed E-state index contributed by atoms with van der Waals surface area (Å²) in [5.41, 5.74) is 5.12. The fourth-order valence-corrected chi connectivity index (χ4v) is 1.56. The zero-order chi connectivity index (χ0) is 15.9. The monoisotopic (exact) mass is 289 g/mol. The maximum absolute atomic E-state index is 12.0. The lowest BCUT2D eigenvalue weighted by molar-refractivity contribution is -0.144. The van der Waals surface area contributed by atoms with Gasteiger partial charge in [0.2, 0.25) is 11.8 Å². The molecule has 6 N–H and O–H groups in total. The van der Waals surface area contributed by atoms with Gasteiger partial charge in [-0.15, -0.1) is 0 Å². The van der Waals surface area contributed by atoms with Crippen LogP contribution in [0.1, 0.15) is 27.2 Å². The van der Waals surface area contributed by atoms with Crippen LogP contribution < -0.4 is 16.4 Å². The number of amides is 2. The first-order valence-corrected chi connectivity index (χ1v) is 6.45. The molecule has 20 heavy (non-hydrogen) atoms. The van der Waals surface area contributed by atoms with Crippen LogP contribution in [0.5, 0.6) is 0 Å². The highest BCUT2D eigenvalue weighted by Gasteiger charge is 2.31. The molecule has 0 bridgehead atoms. The van der Waals surface area contributed by atoms with E-state index in [1.807, 2.05) is 0 Å². The highest BCUT2D eigenvalue weighted by atomic mass is 16.4. The van der Waals surface area contributed by atoms with E-state index in [0.29, 0.717) is 6.42 Å². The van der Waals surface area contributed by atoms with Crippen molar-refractivity contribution >= 4 is 17.8 Å². The maximum Gasteiger partial charge on any atom is 0.326 e. The Hall–Kier alpha value is -1.67. The van der Waals surface area contributed by atoms with Gasteiger partial charge >= 0.3 is 5.97 Å². The first kappa shape index (κ1) is 18.3. The molecular formula is C12H23N3O5. The number of hydrogen-bond acceptors (Lipinski definition) is 5. The second-order valence-electron chi connectivity index (χ2n) is 4.70. The lowest BCUT2D eigenvalue weighted by Crippen LogP contribution is -2.57. The molecule has 4 atom stereocenters. The molecule has 116 valence electrons. The molecule has 0 rings (SSSR count). The van der Waals surface area contributed by atoms with E-state index in [0.717, 1.165) is 0 Å². The van der Waals surface area contributed by atoms with E-state index in [2.05, 4.69) is 10.6 Å². The lowest BCUT2D eigenvalue weighted by Gasteiger charge is -2.25. The quantitative estimate of drug-likeness (QED) is 0.365. The number of rotatable bonds is 8. The zero-order valence-electron chi connectivity index (χ0n) is 11.9. The van der Waals surface area contributed by atoms with Gasteiger partial charge in [0.25, 0.3) is 0 Å². The number of aliphatic hydroxyl groups excluding tert-OH is 1. The number of carbonyl (C=O) groups excluding carboxylic acids is 2. The highest BCUT2D eigenvalue weighted by molar-refractivity contribution is 5.91. The number of nitrogens with one attached hydrogen (secondary N) is 2. The van der Waals surface area contributed by atoms with Gasteiger partial charge in [0.1, 0.15) is 12.1 Å². The molecule has 0 aliphatic carbocycles. The predicted molar refractivity (Wildman–Crippen MR) is 71.7 cm³/mol. The second-order valence-corrected chi connectivity index (χ2v) is 4.70. The molecule has 0 heterocycles. The van der Waals surface area contributed by atoms with Gasteiger partial charge in [-0.3, -0.25) is 9.59 Å². The van der Waals surface area contributed by atoms with Crippen LogP contribution in [0.4, 0.5) is 0 Å². The maximum atomic E-state index is 12.0. The van der Waals surface area contributed by atoms with Gasteiger partial charge < -0.3 is 26.6 Å². The largest absolute Gasteiger partial charge is 0.480 e. The van der Waals surface area contributed by atoms with Crippen LogP contribution in [0.15, 0.2) is 0 Å². The molecule has 0 unspecified atom stereocenters. The highest BCUT2D eigenvalue weighted by Crippen LogP contribution is 2.08. The summed E-state index contributed by atoms with van der Waals surface area (Å²) < 4.78 is 0. The molecule has 0 aromatic heterocycles. The number of hydrogen-bond donors (Lipinski definition) is 5. The Bertz CT molecular complexity index is 359. The number of aliphatic hydroxyl groups is 1. The van der Waals surface area contributed by atoms with Crippen LogP contribution in [0.2, 0.25) is 0 Å². The van der Waals surface area contributed by atoms with Gasteiger partial charge in [-0.1, -0.05) is 20.3 Å². The van der Waals surface area contributed by atoms with Crippen LogP contribution in [0.25, 0.3) is 0 Å². The molecule has 0 aromatic carbocycles. The summed E-state index contributed by atoms with van der Waals surface area (Å²) in [5.74, 6) is -2.81. The molecule has 0 spiro atoms. The molecule has 8 heteroatoms. The smallest absolute Gasteiger partial charge is 0.326 e. The Labute approximate surface area is 117 Å². The van der Waals surface area contributed by atoms with Gasteiger partial charge in [0.05, 0.1) is 12.6 Å². The van der Waals surface area contributed by atoms with E-state index < -0.39 is 36.0 Å².